The summed E-state index contributed by atoms with van der Waals surface area (Å²) in [7, 11) is 3.24. The predicted molar refractivity (Wildman–Crippen MR) is 121 cm³/mol. The number of thiocarbonyl (C=S) groups is 1. The molecule has 0 fully saturated rings. The normalized spacial score (nSPS) is 10.5. The van der Waals surface area contributed by atoms with Crippen molar-refractivity contribution >= 4 is 28.7 Å². The minimum Gasteiger partial charge on any atom is -0.497 e. The number of rotatable bonds is 6. The molecule has 1 heterocycles. The number of aryl methyl sites for hydroxylation is 2. The number of benzene rings is 2. The molecular formula is C22H26N4O2S. The van der Waals surface area contributed by atoms with Gasteiger partial charge in [0.2, 0.25) is 0 Å². The summed E-state index contributed by atoms with van der Waals surface area (Å²) in [6, 6.07) is 14.0. The van der Waals surface area contributed by atoms with Crippen LogP contribution in [0.1, 0.15) is 22.5 Å². The number of anilines is 2. The van der Waals surface area contributed by atoms with Crippen LogP contribution in [0, 0.1) is 20.8 Å². The van der Waals surface area contributed by atoms with Gasteiger partial charge in [0, 0.05) is 6.07 Å². The highest BCUT2D eigenvalue weighted by atomic mass is 32.1. The number of hydrogen-bond donors (Lipinski definition) is 2. The Morgan fingerprint density at radius 3 is 2.38 bits per heavy atom. The van der Waals surface area contributed by atoms with Crippen LogP contribution < -0.4 is 20.1 Å². The molecule has 152 valence electrons. The molecular weight excluding hydrogens is 384 g/mol. The zero-order chi connectivity index (χ0) is 21.0. The fraction of sp³-hybridized carbons (Fsp3) is 0.273. The highest BCUT2D eigenvalue weighted by molar-refractivity contribution is 7.80. The van der Waals surface area contributed by atoms with E-state index in [1.807, 2.05) is 36.7 Å². The molecule has 7 heteroatoms. The van der Waals surface area contributed by atoms with Crippen LogP contribution in [0.15, 0.2) is 42.5 Å². The van der Waals surface area contributed by atoms with Gasteiger partial charge in [0.25, 0.3) is 0 Å². The molecule has 0 saturated carbocycles. The monoisotopic (exact) mass is 410 g/mol. The Balaban J connectivity index is 1.76. The Morgan fingerprint density at radius 1 is 1.00 bits per heavy atom. The molecule has 0 aliphatic rings. The Bertz CT molecular complexity index is 1010. The van der Waals surface area contributed by atoms with Gasteiger partial charge in [-0.15, -0.1) is 0 Å². The van der Waals surface area contributed by atoms with E-state index in [1.165, 1.54) is 11.1 Å². The van der Waals surface area contributed by atoms with Crippen molar-refractivity contribution in [2.45, 2.75) is 27.3 Å². The minimum absolute atomic E-state index is 0.456. The first-order chi connectivity index (χ1) is 13.9. The maximum Gasteiger partial charge on any atom is 0.175 e. The number of methoxy groups -OCH3 is 2. The highest BCUT2D eigenvalue weighted by Gasteiger charge is 2.14. The standard InChI is InChI=1S/C22H26N4O2S/c1-14-6-8-17(9-7-14)13-26-16(3)21(15(2)25-26)24-22(29)23-19-12-18(27-4)10-11-20(19)28-5/h6-12H,13H2,1-5H3,(H2,23,24,29). The van der Waals surface area contributed by atoms with Gasteiger partial charge >= 0.3 is 0 Å². The Hall–Kier alpha value is -3.06. The maximum atomic E-state index is 5.52. The Kier molecular flexibility index (Phi) is 6.39. The first-order valence-corrected chi connectivity index (χ1v) is 9.71. The van der Waals surface area contributed by atoms with Crippen LogP contribution in [0.4, 0.5) is 11.4 Å². The molecule has 0 amide bonds. The van der Waals surface area contributed by atoms with E-state index in [2.05, 4.69) is 46.9 Å². The lowest BCUT2D eigenvalue weighted by molar-refractivity contribution is 0.405. The quantitative estimate of drug-likeness (QED) is 0.575. The number of ether oxygens (including phenoxy) is 2. The van der Waals surface area contributed by atoms with E-state index >= 15 is 0 Å². The number of nitrogens with zero attached hydrogens (tertiary/aromatic N) is 2. The maximum absolute atomic E-state index is 5.52. The lowest BCUT2D eigenvalue weighted by Crippen LogP contribution is -2.20. The summed E-state index contributed by atoms with van der Waals surface area (Å²) in [6.07, 6.45) is 0. The molecule has 3 rings (SSSR count). The van der Waals surface area contributed by atoms with E-state index < -0.39 is 0 Å². The smallest absolute Gasteiger partial charge is 0.175 e. The van der Waals surface area contributed by atoms with Crippen molar-refractivity contribution in [2.75, 3.05) is 24.9 Å². The fourth-order valence-corrected chi connectivity index (χ4v) is 3.29. The third-order valence-corrected chi connectivity index (χ3v) is 4.93. The molecule has 0 radical (unpaired) electrons. The average Bonchev–Trinajstić information content (AvgIpc) is 2.97. The summed E-state index contributed by atoms with van der Waals surface area (Å²) in [5.41, 5.74) is 5.98. The van der Waals surface area contributed by atoms with Crippen molar-refractivity contribution in [1.29, 1.82) is 0 Å². The summed E-state index contributed by atoms with van der Waals surface area (Å²) in [4.78, 5) is 0. The van der Waals surface area contributed by atoms with Crippen molar-refractivity contribution in [3.8, 4) is 11.5 Å². The van der Waals surface area contributed by atoms with Gasteiger partial charge in [-0.05, 0) is 50.7 Å². The Labute approximate surface area is 176 Å². The lowest BCUT2D eigenvalue weighted by Gasteiger charge is -2.15. The molecule has 0 aliphatic carbocycles. The number of aromatic nitrogens is 2. The van der Waals surface area contributed by atoms with Crippen LogP contribution in [-0.4, -0.2) is 29.1 Å². The van der Waals surface area contributed by atoms with Crippen LogP contribution in [0.3, 0.4) is 0 Å². The van der Waals surface area contributed by atoms with Crippen molar-refractivity contribution in [3.05, 3.63) is 65.0 Å². The third kappa shape index (κ3) is 4.86. The average molecular weight is 411 g/mol. The molecule has 1 aromatic heterocycles. The summed E-state index contributed by atoms with van der Waals surface area (Å²) >= 11 is 5.52. The molecule has 0 atom stereocenters. The van der Waals surface area contributed by atoms with Gasteiger partial charge in [0.1, 0.15) is 11.5 Å². The van der Waals surface area contributed by atoms with Crippen molar-refractivity contribution < 1.29 is 9.47 Å². The van der Waals surface area contributed by atoms with Crippen LogP contribution in [0.5, 0.6) is 11.5 Å². The first kappa shape index (κ1) is 20.7. The second-order valence-electron chi connectivity index (χ2n) is 6.83. The van der Waals surface area contributed by atoms with Crippen molar-refractivity contribution in [3.63, 3.8) is 0 Å². The summed E-state index contributed by atoms with van der Waals surface area (Å²) in [5.74, 6) is 1.40. The van der Waals surface area contributed by atoms with E-state index in [0.29, 0.717) is 17.4 Å². The molecule has 6 nitrogen and oxygen atoms in total. The van der Waals surface area contributed by atoms with Crippen molar-refractivity contribution in [1.82, 2.24) is 9.78 Å². The third-order valence-electron chi connectivity index (χ3n) is 4.73. The zero-order valence-electron chi connectivity index (χ0n) is 17.4. The van der Waals surface area contributed by atoms with Crippen LogP contribution in [0.25, 0.3) is 0 Å². The molecule has 29 heavy (non-hydrogen) atoms. The van der Waals surface area contributed by atoms with E-state index in [1.54, 1.807) is 14.2 Å². The molecule has 2 aromatic carbocycles. The summed E-state index contributed by atoms with van der Waals surface area (Å²) in [5, 5.41) is 11.6. The van der Waals surface area contributed by atoms with E-state index in [-0.39, 0.29) is 0 Å². The summed E-state index contributed by atoms with van der Waals surface area (Å²) < 4.78 is 12.7. The Morgan fingerprint density at radius 2 is 1.72 bits per heavy atom. The van der Waals surface area contributed by atoms with Crippen LogP contribution in [-0.2, 0) is 6.54 Å². The van der Waals surface area contributed by atoms with Gasteiger partial charge in [-0.1, -0.05) is 29.8 Å². The van der Waals surface area contributed by atoms with Crippen LogP contribution >= 0.6 is 12.2 Å². The molecule has 0 unspecified atom stereocenters. The van der Waals surface area contributed by atoms with Gasteiger partial charge in [0.05, 0.1) is 43.5 Å². The lowest BCUT2D eigenvalue weighted by atomic mass is 10.1. The first-order valence-electron chi connectivity index (χ1n) is 9.31. The minimum atomic E-state index is 0.456. The van der Waals surface area contributed by atoms with Gasteiger partial charge in [-0.25, -0.2) is 0 Å². The predicted octanol–water partition coefficient (Wildman–Crippen LogP) is 4.68. The van der Waals surface area contributed by atoms with Gasteiger partial charge in [-0.2, -0.15) is 5.10 Å². The highest BCUT2D eigenvalue weighted by Crippen LogP contribution is 2.29. The second-order valence-corrected chi connectivity index (χ2v) is 7.24. The fourth-order valence-electron chi connectivity index (χ4n) is 3.08. The topological polar surface area (TPSA) is 60.3 Å². The van der Waals surface area contributed by atoms with Gasteiger partial charge in [0.15, 0.2) is 5.11 Å². The van der Waals surface area contributed by atoms with Crippen molar-refractivity contribution in [2.24, 2.45) is 0 Å². The van der Waals surface area contributed by atoms with E-state index in [4.69, 9.17) is 21.7 Å². The van der Waals surface area contributed by atoms with Gasteiger partial charge < -0.3 is 20.1 Å². The van der Waals surface area contributed by atoms with Gasteiger partial charge in [-0.3, -0.25) is 4.68 Å². The molecule has 0 saturated heterocycles. The molecule has 0 bridgehead atoms. The van der Waals surface area contributed by atoms with E-state index in [0.717, 1.165) is 28.5 Å². The molecule has 0 aliphatic heterocycles. The van der Waals surface area contributed by atoms with E-state index in [9.17, 15) is 0 Å². The SMILES string of the molecule is COc1ccc(OC)c(NC(=S)Nc2c(C)nn(Cc3ccc(C)cc3)c2C)c1. The zero-order valence-corrected chi connectivity index (χ0v) is 18.2. The summed E-state index contributed by atoms with van der Waals surface area (Å²) in [6.45, 7) is 6.79. The molecule has 0 spiro atoms. The second kappa shape index (κ2) is 8.96. The number of hydrogen-bond acceptors (Lipinski definition) is 4. The molecule has 3 aromatic rings. The molecule has 2 N–H and O–H groups in total. The number of nitrogens with one attached hydrogen (secondary N) is 2. The van der Waals surface area contributed by atoms with Crippen LogP contribution in [0.2, 0.25) is 0 Å². The largest absolute Gasteiger partial charge is 0.497 e.